The first kappa shape index (κ1) is 17.6. The van der Waals surface area contributed by atoms with Gasteiger partial charge in [-0.05, 0) is 60.4 Å². The number of fused-ring (bicyclic) bond motifs is 1. The van der Waals surface area contributed by atoms with E-state index in [1.807, 2.05) is 0 Å². The van der Waals surface area contributed by atoms with Crippen LogP contribution >= 0.6 is 11.3 Å². The molecule has 1 aromatic carbocycles. The summed E-state index contributed by atoms with van der Waals surface area (Å²) >= 11 is 1.50. The molecule has 130 valence electrons. The molecule has 3 nitrogen and oxygen atoms in total. The molecule has 1 heterocycles. The minimum atomic E-state index is -0.380. The van der Waals surface area contributed by atoms with Crippen molar-refractivity contribution in [3.63, 3.8) is 0 Å². The van der Waals surface area contributed by atoms with Crippen LogP contribution in [0.1, 0.15) is 53.6 Å². The van der Waals surface area contributed by atoms with Gasteiger partial charge in [0.25, 0.3) is 5.91 Å². The predicted molar refractivity (Wildman–Crippen MR) is 98.4 cm³/mol. The molecule has 5 heteroatoms. The third-order valence-corrected chi connectivity index (χ3v) is 6.11. The fraction of sp³-hybridized carbons (Fsp3) is 0.400. The van der Waals surface area contributed by atoms with Crippen LogP contribution in [0, 0.1) is 28.5 Å². The van der Waals surface area contributed by atoms with Gasteiger partial charge in [0.05, 0.1) is 5.56 Å². The molecule has 0 unspecified atom stereocenters. The zero-order valence-electron chi connectivity index (χ0n) is 14.6. The smallest absolute Gasteiger partial charge is 0.256 e. The van der Waals surface area contributed by atoms with Crippen LogP contribution in [0.25, 0.3) is 0 Å². The summed E-state index contributed by atoms with van der Waals surface area (Å²) in [6.45, 7) is 6.75. The van der Waals surface area contributed by atoms with E-state index in [0.29, 0.717) is 22.0 Å². The fourth-order valence-corrected chi connectivity index (χ4v) is 4.58. The number of nitriles is 1. The topological polar surface area (TPSA) is 52.9 Å². The first-order valence-electron chi connectivity index (χ1n) is 8.41. The Kier molecular flexibility index (Phi) is 4.66. The van der Waals surface area contributed by atoms with Gasteiger partial charge in [-0.3, -0.25) is 4.79 Å². The lowest BCUT2D eigenvalue weighted by molar-refractivity contribution is 0.102. The Labute approximate surface area is 151 Å². The SMILES string of the molecule is CC(C)(C)[C@H]1CCc2c(sc(NC(=O)c3ccc(F)cc3)c2C#N)C1. The Morgan fingerprint density at radius 1 is 1.32 bits per heavy atom. The van der Waals surface area contributed by atoms with Crippen molar-refractivity contribution in [3.8, 4) is 6.07 Å². The second-order valence-corrected chi connectivity index (χ2v) is 8.69. The van der Waals surface area contributed by atoms with Gasteiger partial charge in [0, 0.05) is 10.4 Å². The van der Waals surface area contributed by atoms with E-state index in [0.717, 1.165) is 24.8 Å². The molecule has 3 rings (SSSR count). The highest BCUT2D eigenvalue weighted by atomic mass is 32.1. The van der Waals surface area contributed by atoms with Crippen molar-refractivity contribution in [2.45, 2.75) is 40.0 Å². The summed E-state index contributed by atoms with van der Waals surface area (Å²) in [4.78, 5) is 13.6. The summed E-state index contributed by atoms with van der Waals surface area (Å²) in [7, 11) is 0. The van der Waals surface area contributed by atoms with E-state index in [4.69, 9.17) is 0 Å². The Bertz CT molecular complexity index is 840. The molecule has 0 fully saturated rings. The lowest BCUT2D eigenvalue weighted by Crippen LogP contribution is -2.26. The van der Waals surface area contributed by atoms with Crippen LogP contribution in [0.5, 0.6) is 0 Å². The molecule has 0 aliphatic heterocycles. The molecule has 1 atom stereocenters. The summed E-state index contributed by atoms with van der Waals surface area (Å²) in [6, 6.07) is 7.66. The van der Waals surface area contributed by atoms with Gasteiger partial charge >= 0.3 is 0 Å². The van der Waals surface area contributed by atoms with Crippen molar-refractivity contribution in [1.82, 2.24) is 0 Å². The highest BCUT2D eigenvalue weighted by Crippen LogP contribution is 2.44. The number of amides is 1. The summed E-state index contributed by atoms with van der Waals surface area (Å²) in [6.07, 6.45) is 2.89. The van der Waals surface area contributed by atoms with Crippen LogP contribution in [0.15, 0.2) is 24.3 Å². The average molecular weight is 356 g/mol. The molecule has 1 aromatic heterocycles. The number of nitrogens with one attached hydrogen (secondary N) is 1. The van der Waals surface area contributed by atoms with Gasteiger partial charge in [-0.2, -0.15) is 5.26 Å². The maximum atomic E-state index is 13.0. The van der Waals surface area contributed by atoms with Crippen LogP contribution in [-0.2, 0) is 12.8 Å². The number of anilines is 1. The molecule has 1 aliphatic carbocycles. The average Bonchev–Trinajstić information content (AvgIpc) is 2.90. The van der Waals surface area contributed by atoms with Gasteiger partial charge in [0.1, 0.15) is 16.9 Å². The summed E-state index contributed by atoms with van der Waals surface area (Å²) in [5, 5.41) is 13.0. The number of carbonyl (C=O) groups is 1. The molecule has 0 saturated heterocycles. The highest BCUT2D eigenvalue weighted by Gasteiger charge is 2.32. The number of hydrogen-bond donors (Lipinski definition) is 1. The molecule has 1 aliphatic rings. The molecule has 25 heavy (non-hydrogen) atoms. The molecule has 0 bridgehead atoms. The molecule has 1 amide bonds. The van der Waals surface area contributed by atoms with Crippen LogP contribution in [0.3, 0.4) is 0 Å². The largest absolute Gasteiger partial charge is 0.312 e. The zero-order chi connectivity index (χ0) is 18.2. The second kappa shape index (κ2) is 6.61. The van der Waals surface area contributed by atoms with E-state index < -0.39 is 0 Å². The van der Waals surface area contributed by atoms with Crippen LogP contribution in [-0.4, -0.2) is 5.91 Å². The predicted octanol–water partition coefficient (Wildman–Crippen LogP) is 5.16. The number of thiophene rings is 1. The molecular formula is C20H21FN2OS. The lowest BCUT2D eigenvalue weighted by atomic mass is 9.72. The molecule has 2 aromatic rings. The van der Waals surface area contributed by atoms with E-state index >= 15 is 0 Å². The Morgan fingerprint density at radius 3 is 2.60 bits per heavy atom. The number of halogens is 1. The maximum absolute atomic E-state index is 13.0. The van der Waals surface area contributed by atoms with E-state index in [1.165, 1.54) is 40.5 Å². The number of benzene rings is 1. The van der Waals surface area contributed by atoms with Crippen molar-refractivity contribution in [1.29, 1.82) is 5.26 Å². The van der Waals surface area contributed by atoms with Crippen molar-refractivity contribution in [2.24, 2.45) is 11.3 Å². The van der Waals surface area contributed by atoms with Crippen molar-refractivity contribution in [3.05, 3.63) is 51.7 Å². The highest BCUT2D eigenvalue weighted by molar-refractivity contribution is 7.16. The minimum absolute atomic E-state index is 0.228. The van der Waals surface area contributed by atoms with E-state index in [9.17, 15) is 14.4 Å². The van der Waals surface area contributed by atoms with Crippen molar-refractivity contribution in [2.75, 3.05) is 5.32 Å². The molecular weight excluding hydrogens is 335 g/mol. The maximum Gasteiger partial charge on any atom is 0.256 e. The number of carbonyl (C=O) groups excluding carboxylic acids is 1. The van der Waals surface area contributed by atoms with Gasteiger partial charge in [-0.15, -0.1) is 11.3 Å². The third-order valence-electron chi connectivity index (χ3n) is 4.94. The van der Waals surface area contributed by atoms with Gasteiger partial charge in [-0.1, -0.05) is 20.8 Å². The first-order valence-corrected chi connectivity index (χ1v) is 9.23. The van der Waals surface area contributed by atoms with Crippen LogP contribution in [0.4, 0.5) is 9.39 Å². The molecule has 0 radical (unpaired) electrons. The fourth-order valence-electron chi connectivity index (χ4n) is 3.31. The van der Waals surface area contributed by atoms with E-state index in [-0.39, 0.29) is 17.1 Å². The van der Waals surface area contributed by atoms with Crippen LogP contribution in [0.2, 0.25) is 0 Å². The summed E-state index contributed by atoms with van der Waals surface area (Å²) in [5.41, 5.74) is 2.28. The standard InChI is InChI=1S/C20H21FN2OS/c1-20(2,3)13-6-9-15-16(11-22)19(25-17(15)10-13)23-18(24)12-4-7-14(21)8-5-12/h4-5,7-8,13H,6,9-10H2,1-3H3,(H,23,24)/t13-/m0/s1. The monoisotopic (exact) mass is 356 g/mol. The Balaban J connectivity index is 1.86. The van der Waals surface area contributed by atoms with Gasteiger partial charge in [-0.25, -0.2) is 4.39 Å². The summed E-state index contributed by atoms with van der Waals surface area (Å²) < 4.78 is 13.0. The lowest BCUT2D eigenvalue weighted by Gasteiger charge is -2.33. The van der Waals surface area contributed by atoms with Crippen LogP contribution < -0.4 is 5.32 Å². The second-order valence-electron chi connectivity index (χ2n) is 7.59. The van der Waals surface area contributed by atoms with Gasteiger partial charge in [0.2, 0.25) is 0 Å². The zero-order valence-corrected chi connectivity index (χ0v) is 15.5. The summed E-state index contributed by atoms with van der Waals surface area (Å²) in [5.74, 6) is -0.123. The quantitative estimate of drug-likeness (QED) is 0.808. The molecule has 0 saturated carbocycles. The van der Waals surface area contributed by atoms with Gasteiger partial charge < -0.3 is 5.32 Å². The van der Waals surface area contributed by atoms with E-state index in [2.05, 4.69) is 32.2 Å². The number of rotatable bonds is 2. The van der Waals surface area contributed by atoms with Gasteiger partial charge in [0.15, 0.2) is 0 Å². The first-order chi connectivity index (χ1) is 11.8. The van der Waals surface area contributed by atoms with E-state index in [1.54, 1.807) is 0 Å². The molecule has 0 spiro atoms. The minimum Gasteiger partial charge on any atom is -0.312 e. The molecule has 1 N–H and O–H groups in total. The van der Waals surface area contributed by atoms with Crippen molar-refractivity contribution < 1.29 is 9.18 Å². The Hall–Kier alpha value is -2.19. The number of nitrogens with zero attached hydrogens (tertiary/aromatic N) is 1. The van der Waals surface area contributed by atoms with Crippen molar-refractivity contribution >= 4 is 22.2 Å². The third kappa shape index (κ3) is 3.59. The Morgan fingerprint density at radius 2 is 2.00 bits per heavy atom. The normalized spacial score (nSPS) is 16.8. The number of hydrogen-bond acceptors (Lipinski definition) is 3.